The zero-order valence-electron chi connectivity index (χ0n) is 16.1. The summed E-state index contributed by atoms with van der Waals surface area (Å²) in [7, 11) is 0. The minimum Gasteiger partial charge on any atom is -0.406 e. The molecule has 0 saturated heterocycles. The summed E-state index contributed by atoms with van der Waals surface area (Å²) in [6, 6.07) is 14.8. The third kappa shape index (κ3) is 6.05. The molecule has 0 aromatic heterocycles. The summed E-state index contributed by atoms with van der Waals surface area (Å²) in [5.74, 6) is 7.12. The summed E-state index contributed by atoms with van der Waals surface area (Å²) in [5, 5.41) is 0. The van der Waals surface area contributed by atoms with E-state index in [0.717, 1.165) is 32.1 Å². The molecule has 0 heterocycles. The first kappa shape index (κ1) is 20.3. The fraction of sp³-hybridized carbons (Fsp3) is 0.417. The highest BCUT2D eigenvalue weighted by Crippen LogP contribution is 2.35. The van der Waals surface area contributed by atoms with Gasteiger partial charge in [0.1, 0.15) is 5.75 Å². The van der Waals surface area contributed by atoms with Crippen LogP contribution in [-0.2, 0) is 6.42 Å². The van der Waals surface area contributed by atoms with Gasteiger partial charge >= 0.3 is 6.36 Å². The number of hydrogen-bond donors (Lipinski definition) is 0. The van der Waals surface area contributed by atoms with Gasteiger partial charge in [-0.3, -0.25) is 0 Å². The van der Waals surface area contributed by atoms with Gasteiger partial charge in [0.05, 0.1) is 0 Å². The van der Waals surface area contributed by atoms with Gasteiger partial charge in [0.25, 0.3) is 0 Å². The van der Waals surface area contributed by atoms with Gasteiger partial charge in [-0.1, -0.05) is 49.5 Å². The maximum Gasteiger partial charge on any atom is 0.573 e. The van der Waals surface area contributed by atoms with E-state index in [0.29, 0.717) is 17.4 Å². The predicted molar refractivity (Wildman–Crippen MR) is 105 cm³/mol. The van der Waals surface area contributed by atoms with Crippen molar-refractivity contribution in [2.24, 2.45) is 5.92 Å². The van der Waals surface area contributed by atoms with Crippen molar-refractivity contribution in [2.75, 3.05) is 0 Å². The molecule has 0 radical (unpaired) electrons. The Hall–Kier alpha value is -2.41. The zero-order chi connectivity index (χ0) is 20.0. The third-order valence-electron chi connectivity index (χ3n) is 5.23. The summed E-state index contributed by atoms with van der Waals surface area (Å²) in [6.07, 6.45) is 2.01. The molecule has 1 nitrogen and oxygen atoms in total. The van der Waals surface area contributed by atoms with Crippen molar-refractivity contribution in [1.29, 1.82) is 0 Å². The van der Waals surface area contributed by atoms with Gasteiger partial charge in [-0.2, -0.15) is 0 Å². The Kier molecular flexibility index (Phi) is 6.67. The molecule has 1 fully saturated rings. The Bertz CT molecular complexity index is 802. The monoisotopic (exact) mass is 386 g/mol. The highest BCUT2D eigenvalue weighted by Gasteiger charge is 2.30. The molecule has 0 amide bonds. The summed E-state index contributed by atoms with van der Waals surface area (Å²) in [5.41, 5.74) is 3.53. The van der Waals surface area contributed by atoms with E-state index in [-0.39, 0.29) is 5.75 Å². The van der Waals surface area contributed by atoms with Crippen LogP contribution >= 0.6 is 0 Å². The molecule has 4 heteroatoms. The lowest BCUT2D eigenvalue weighted by Crippen LogP contribution is -2.16. The zero-order valence-corrected chi connectivity index (χ0v) is 16.1. The van der Waals surface area contributed by atoms with Crippen molar-refractivity contribution in [3.63, 3.8) is 0 Å². The van der Waals surface area contributed by atoms with Crippen LogP contribution in [0.15, 0.2) is 48.5 Å². The molecule has 1 aliphatic carbocycles. The van der Waals surface area contributed by atoms with Crippen molar-refractivity contribution in [1.82, 2.24) is 0 Å². The smallest absolute Gasteiger partial charge is 0.406 e. The Balaban J connectivity index is 1.52. The number of ether oxygens (including phenoxy) is 1. The van der Waals surface area contributed by atoms with Crippen LogP contribution in [0.5, 0.6) is 5.75 Å². The SMILES string of the molecule is CCCc1ccc([C@H]2CC[C@H](C#Cc3ccc(OC(F)(F)F)cc3)CC2)cc1. The predicted octanol–water partition coefficient (Wildman–Crippen LogP) is 6.86. The Morgan fingerprint density at radius 1 is 0.929 bits per heavy atom. The number of rotatable bonds is 4. The lowest BCUT2D eigenvalue weighted by molar-refractivity contribution is -0.274. The van der Waals surface area contributed by atoms with E-state index < -0.39 is 6.36 Å². The average Bonchev–Trinajstić information content (AvgIpc) is 2.68. The molecule has 0 unspecified atom stereocenters. The number of hydrogen-bond acceptors (Lipinski definition) is 1. The molecule has 3 rings (SSSR count). The summed E-state index contributed by atoms with van der Waals surface area (Å²) in [6.45, 7) is 2.20. The standard InChI is InChI=1S/C24H25F3O/c1-2-3-18-6-12-21(13-7-18)22-14-8-19(9-15-22)4-5-20-10-16-23(17-11-20)28-24(25,26)27/h6-7,10-13,16-17,19,22H,2-3,8-9,14-15H2,1H3/t19-,22-. The van der Waals surface area contributed by atoms with Crippen molar-refractivity contribution < 1.29 is 17.9 Å². The second-order valence-corrected chi connectivity index (χ2v) is 7.38. The van der Waals surface area contributed by atoms with E-state index in [1.807, 2.05) is 0 Å². The molecule has 0 bridgehead atoms. The lowest BCUT2D eigenvalue weighted by atomic mass is 9.79. The number of aryl methyl sites for hydroxylation is 1. The molecule has 0 atom stereocenters. The van der Waals surface area contributed by atoms with Crippen molar-refractivity contribution in [2.45, 2.75) is 57.7 Å². The van der Waals surface area contributed by atoms with Crippen LogP contribution in [-0.4, -0.2) is 6.36 Å². The average molecular weight is 386 g/mol. The Morgan fingerprint density at radius 2 is 1.57 bits per heavy atom. The van der Waals surface area contributed by atoms with Crippen LogP contribution in [0.25, 0.3) is 0 Å². The van der Waals surface area contributed by atoms with Crippen LogP contribution in [0, 0.1) is 17.8 Å². The van der Waals surface area contributed by atoms with E-state index in [9.17, 15) is 13.2 Å². The first-order valence-corrected chi connectivity index (χ1v) is 9.89. The van der Waals surface area contributed by atoms with E-state index in [4.69, 9.17) is 0 Å². The van der Waals surface area contributed by atoms with Crippen LogP contribution in [0.1, 0.15) is 61.6 Å². The highest BCUT2D eigenvalue weighted by atomic mass is 19.4. The molecule has 0 aliphatic heterocycles. The van der Waals surface area contributed by atoms with Crippen molar-refractivity contribution in [3.8, 4) is 17.6 Å². The second kappa shape index (κ2) is 9.19. The normalized spacial score (nSPS) is 19.6. The van der Waals surface area contributed by atoms with Gasteiger partial charge in [0.15, 0.2) is 0 Å². The van der Waals surface area contributed by atoms with Crippen LogP contribution in [0.3, 0.4) is 0 Å². The summed E-state index contributed by atoms with van der Waals surface area (Å²) < 4.78 is 40.5. The second-order valence-electron chi connectivity index (χ2n) is 7.38. The van der Waals surface area contributed by atoms with Gasteiger partial charge in [-0.05, 0) is 73.4 Å². The van der Waals surface area contributed by atoms with E-state index in [1.54, 1.807) is 12.1 Å². The van der Waals surface area contributed by atoms with Gasteiger partial charge in [-0.25, -0.2) is 0 Å². The molecular formula is C24H25F3O. The quantitative estimate of drug-likeness (QED) is 0.521. The van der Waals surface area contributed by atoms with E-state index >= 15 is 0 Å². The molecule has 2 aromatic carbocycles. The minimum atomic E-state index is -4.66. The van der Waals surface area contributed by atoms with Crippen LogP contribution in [0.2, 0.25) is 0 Å². The first-order chi connectivity index (χ1) is 13.4. The van der Waals surface area contributed by atoms with Crippen molar-refractivity contribution in [3.05, 3.63) is 65.2 Å². The summed E-state index contributed by atoms with van der Waals surface area (Å²) in [4.78, 5) is 0. The number of alkyl halides is 3. The molecule has 148 valence electrons. The lowest BCUT2D eigenvalue weighted by Gasteiger charge is -2.26. The largest absolute Gasteiger partial charge is 0.573 e. The minimum absolute atomic E-state index is 0.219. The maximum atomic E-state index is 12.2. The molecule has 0 spiro atoms. The summed E-state index contributed by atoms with van der Waals surface area (Å²) >= 11 is 0. The number of benzene rings is 2. The number of halogens is 3. The molecule has 2 aromatic rings. The fourth-order valence-electron chi connectivity index (χ4n) is 3.74. The molecule has 0 N–H and O–H groups in total. The van der Waals surface area contributed by atoms with E-state index in [1.165, 1.54) is 29.7 Å². The van der Waals surface area contributed by atoms with Crippen LogP contribution < -0.4 is 4.74 Å². The maximum absolute atomic E-state index is 12.2. The topological polar surface area (TPSA) is 9.23 Å². The Labute approximate surface area is 164 Å². The highest BCUT2D eigenvalue weighted by molar-refractivity contribution is 5.38. The van der Waals surface area contributed by atoms with Gasteiger partial charge in [-0.15, -0.1) is 13.2 Å². The molecular weight excluding hydrogens is 361 g/mol. The van der Waals surface area contributed by atoms with Crippen LogP contribution in [0.4, 0.5) is 13.2 Å². The third-order valence-corrected chi connectivity index (χ3v) is 5.23. The van der Waals surface area contributed by atoms with Gasteiger partial charge in [0, 0.05) is 11.5 Å². The van der Waals surface area contributed by atoms with Gasteiger partial charge < -0.3 is 4.74 Å². The fourth-order valence-corrected chi connectivity index (χ4v) is 3.74. The van der Waals surface area contributed by atoms with Crippen molar-refractivity contribution >= 4 is 0 Å². The Morgan fingerprint density at radius 3 is 2.14 bits per heavy atom. The molecule has 1 aliphatic rings. The molecule has 1 saturated carbocycles. The van der Waals surface area contributed by atoms with Gasteiger partial charge in [0.2, 0.25) is 0 Å². The first-order valence-electron chi connectivity index (χ1n) is 9.89. The van der Waals surface area contributed by atoms with E-state index in [2.05, 4.69) is 47.8 Å². The molecule has 28 heavy (non-hydrogen) atoms.